The minimum absolute atomic E-state index is 0.616. The second-order valence-corrected chi connectivity index (χ2v) is 16.6. The number of pyridine rings is 1. The zero-order valence-corrected chi connectivity index (χ0v) is 36.4. The lowest BCUT2D eigenvalue weighted by molar-refractivity contribution is 0.981. The van der Waals surface area contributed by atoms with Crippen LogP contribution < -0.4 is 0 Å². The Morgan fingerprint density at radius 3 is 1.24 bits per heavy atom. The molecule has 0 fully saturated rings. The van der Waals surface area contributed by atoms with Crippen LogP contribution in [0.25, 0.3) is 117 Å². The summed E-state index contributed by atoms with van der Waals surface area (Å²) >= 11 is 0. The molecule has 314 valence electrons. The predicted octanol–water partition coefficient (Wildman–Crippen LogP) is 15.7. The molecule has 0 saturated carbocycles. The fourth-order valence-corrected chi connectivity index (χ4v) is 9.29. The molecular weight excluding hydrogens is 815 g/mol. The Kier molecular flexibility index (Phi) is 10.1. The second-order valence-electron chi connectivity index (χ2n) is 16.6. The second kappa shape index (κ2) is 17.1. The molecule has 5 heteroatoms. The summed E-state index contributed by atoms with van der Waals surface area (Å²) in [5.74, 6) is 1.87. The van der Waals surface area contributed by atoms with Gasteiger partial charge in [0, 0.05) is 44.3 Å². The van der Waals surface area contributed by atoms with Crippen LogP contribution in [-0.2, 0) is 0 Å². The van der Waals surface area contributed by atoms with Crippen molar-refractivity contribution in [2.45, 2.75) is 0 Å². The third-order valence-electron chi connectivity index (χ3n) is 12.5. The van der Waals surface area contributed by atoms with Gasteiger partial charge in [-0.1, -0.05) is 237 Å². The largest absolute Gasteiger partial charge is 0.231 e. The summed E-state index contributed by atoms with van der Waals surface area (Å²) in [5.41, 5.74) is 16.9. The number of hydrogen-bond donors (Lipinski definition) is 0. The van der Waals surface area contributed by atoms with E-state index in [9.17, 15) is 0 Å². The molecule has 0 bridgehead atoms. The average molecular weight is 856 g/mol. The molecule has 0 aliphatic rings. The molecule has 12 aromatic rings. The molecular formula is C62H41N5. The lowest BCUT2D eigenvalue weighted by Crippen LogP contribution is -2.00. The van der Waals surface area contributed by atoms with Gasteiger partial charge in [0.25, 0.3) is 0 Å². The third-order valence-corrected chi connectivity index (χ3v) is 12.5. The van der Waals surface area contributed by atoms with E-state index in [0.717, 1.165) is 100 Å². The Morgan fingerprint density at radius 2 is 0.642 bits per heavy atom. The number of nitrogens with zero attached hydrogens (tertiary/aromatic N) is 5. The van der Waals surface area contributed by atoms with E-state index in [4.69, 9.17) is 20.1 Å². The Bertz CT molecular complexity index is 3700. The average Bonchev–Trinajstić information content (AvgIpc) is 3.83. The number of hydrogen-bond acceptors (Lipinski definition) is 4. The minimum Gasteiger partial charge on any atom is -0.231 e. The summed E-state index contributed by atoms with van der Waals surface area (Å²) in [6, 6.07) is 87.0. The SMILES string of the molecule is c1ccc(-c2cccc(-c3nc(-c4ccccc4)nc(-c4ccc(-c5cccc(-c6c(-c7ccccc7)n7nc(-c8ccccc8)c(-c8ccccc8)c7c7ccccc67)c5)cc4)n3)c2)cc1. The maximum atomic E-state index is 5.56. The van der Waals surface area contributed by atoms with Crippen molar-refractivity contribution in [1.29, 1.82) is 0 Å². The molecule has 3 heterocycles. The molecule has 0 unspecified atom stereocenters. The molecule has 0 aliphatic carbocycles. The van der Waals surface area contributed by atoms with Gasteiger partial charge in [0.2, 0.25) is 0 Å². The van der Waals surface area contributed by atoms with Crippen molar-refractivity contribution in [3.63, 3.8) is 0 Å². The molecule has 9 aromatic carbocycles. The van der Waals surface area contributed by atoms with E-state index in [2.05, 4.69) is 217 Å². The molecule has 0 atom stereocenters. The van der Waals surface area contributed by atoms with Gasteiger partial charge >= 0.3 is 0 Å². The summed E-state index contributed by atoms with van der Waals surface area (Å²) in [4.78, 5) is 15.2. The van der Waals surface area contributed by atoms with Crippen molar-refractivity contribution in [3.05, 3.63) is 249 Å². The van der Waals surface area contributed by atoms with Gasteiger partial charge in [-0.2, -0.15) is 5.10 Å². The van der Waals surface area contributed by atoms with Gasteiger partial charge in [0.05, 0.1) is 11.2 Å². The molecule has 0 saturated heterocycles. The van der Waals surface area contributed by atoms with Gasteiger partial charge in [0.15, 0.2) is 17.5 Å². The Morgan fingerprint density at radius 1 is 0.254 bits per heavy atom. The summed E-state index contributed by atoms with van der Waals surface area (Å²) in [6.07, 6.45) is 0. The van der Waals surface area contributed by atoms with E-state index in [1.54, 1.807) is 0 Å². The van der Waals surface area contributed by atoms with Crippen LogP contribution in [0.5, 0.6) is 0 Å². The van der Waals surface area contributed by atoms with Crippen molar-refractivity contribution in [2.75, 3.05) is 0 Å². The molecule has 0 radical (unpaired) electrons. The maximum absolute atomic E-state index is 5.56. The van der Waals surface area contributed by atoms with Gasteiger partial charge in [-0.15, -0.1) is 0 Å². The Labute approximate surface area is 389 Å². The van der Waals surface area contributed by atoms with Crippen molar-refractivity contribution in [3.8, 4) is 101 Å². The Hall–Kier alpha value is -9.06. The minimum atomic E-state index is 0.616. The standard InChI is InChI=1S/C62H41N5/c1-6-20-42(21-7-1)50-31-19-33-52(41-50)62-64-60(47-28-14-5-15-29-47)63-61(65-62)48-38-36-43(37-39-48)49-30-18-32-51(40-49)55-53-34-16-17-35-54(53)59-56(44-22-8-2-9-23-44)57(45-24-10-3-11-25-45)66-67(59)58(55)46-26-12-4-13-27-46/h1-41H. The summed E-state index contributed by atoms with van der Waals surface area (Å²) in [6.45, 7) is 0. The highest BCUT2D eigenvalue weighted by molar-refractivity contribution is 6.15. The van der Waals surface area contributed by atoms with E-state index in [1.807, 2.05) is 36.4 Å². The van der Waals surface area contributed by atoms with Crippen LogP contribution in [0.2, 0.25) is 0 Å². The van der Waals surface area contributed by atoms with Gasteiger partial charge in [-0.25, -0.2) is 19.5 Å². The number of benzene rings is 9. The van der Waals surface area contributed by atoms with Crippen molar-refractivity contribution in [2.24, 2.45) is 0 Å². The highest BCUT2D eigenvalue weighted by Crippen LogP contribution is 2.46. The first-order chi connectivity index (χ1) is 33.2. The predicted molar refractivity (Wildman–Crippen MR) is 275 cm³/mol. The molecule has 3 aromatic heterocycles. The quantitative estimate of drug-likeness (QED) is 0.145. The zero-order valence-electron chi connectivity index (χ0n) is 36.4. The van der Waals surface area contributed by atoms with Crippen molar-refractivity contribution >= 4 is 16.3 Å². The smallest absolute Gasteiger partial charge is 0.164 e. The lowest BCUT2D eigenvalue weighted by Gasteiger charge is -2.18. The number of fused-ring (bicyclic) bond motifs is 3. The van der Waals surface area contributed by atoms with Crippen LogP contribution in [0, 0.1) is 0 Å². The molecule has 5 nitrogen and oxygen atoms in total. The first kappa shape index (κ1) is 39.5. The van der Waals surface area contributed by atoms with E-state index >= 15 is 0 Å². The maximum Gasteiger partial charge on any atom is 0.164 e. The van der Waals surface area contributed by atoms with Crippen LogP contribution in [0.15, 0.2) is 249 Å². The van der Waals surface area contributed by atoms with Crippen LogP contribution in [0.3, 0.4) is 0 Å². The molecule has 67 heavy (non-hydrogen) atoms. The third kappa shape index (κ3) is 7.44. The van der Waals surface area contributed by atoms with E-state index in [1.165, 1.54) is 0 Å². The summed E-state index contributed by atoms with van der Waals surface area (Å²) < 4.78 is 2.20. The first-order valence-electron chi connectivity index (χ1n) is 22.6. The van der Waals surface area contributed by atoms with Crippen molar-refractivity contribution in [1.82, 2.24) is 24.6 Å². The molecule has 12 rings (SSSR count). The molecule has 0 N–H and O–H groups in total. The highest BCUT2D eigenvalue weighted by Gasteiger charge is 2.25. The van der Waals surface area contributed by atoms with Crippen LogP contribution in [0.1, 0.15) is 0 Å². The fourth-order valence-electron chi connectivity index (χ4n) is 9.29. The summed E-state index contributed by atoms with van der Waals surface area (Å²) in [5, 5.41) is 7.86. The summed E-state index contributed by atoms with van der Waals surface area (Å²) in [7, 11) is 0. The normalized spacial score (nSPS) is 11.3. The van der Waals surface area contributed by atoms with Crippen LogP contribution in [-0.4, -0.2) is 24.6 Å². The molecule has 0 spiro atoms. The topological polar surface area (TPSA) is 56.0 Å². The highest BCUT2D eigenvalue weighted by atomic mass is 15.2. The Balaban J connectivity index is 0.996. The van der Waals surface area contributed by atoms with Gasteiger partial charge < -0.3 is 0 Å². The van der Waals surface area contributed by atoms with Crippen LogP contribution in [0.4, 0.5) is 0 Å². The van der Waals surface area contributed by atoms with E-state index in [-0.39, 0.29) is 0 Å². The van der Waals surface area contributed by atoms with Gasteiger partial charge in [-0.3, -0.25) is 0 Å². The molecule has 0 aliphatic heterocycles. The lowest BCUT2D eigenvalue weighted by atomic mass is 9.90. The van der Waals surface area contributed by atoms with Crippen LogP contribution >= 0.6 is 0 Å². The van der Waals surface area contributed by atoms with Gasteiger partial charge in [-0.05, 0) is 50.9 Å². The van der Waals surface area contributed by atoms with E-state index in [0.29, 0.717) is 17.5 Å². The number of aromatic nitrogens is 5. The van der Waals surface area contributed by atoms with E-state index < -0.39 is 0 Å². The fraction of sp³-hybridized carbons (Fsp3) is 0. The molecule has 0 amide bonds. The number of rotatable bonds is 9. The monoisotopic (exact) mass is 855 g/mol. The van der Waals surface area contributed by atoms with Gasteiger partial charge in [0.1, 0.15) is 5.69 Å². The zero-order chi connectivity index (χ0) is 44.5. The van der Waals surface area contributed by atoms with Crippen molar-refractivity contribution < 1.29 is 0 Å². The first-order valence-corrected chi connectivity index (χ1v) is 22.6.